The van der Waals surface area contributed by atoms with Gasteiger partial charge in [0.1, 0.15) is 5.54 Å². The van der Waals surface area contributed by atoms with Crippen molar-refractivity contribution in [1.29, 1.82) is 0 Å². The van der Waals surface area contributed by atoms with Gasteiger partial charge < -0.3 is 16.8 Å². The topological polar surface area (TPSA) is 81.1 Å². The van der Waals surface area contributed by atoms with Crippen LogP contribution < -0.4 is 16.8 Å². The first-order chi connectivity index (χ1) is 8.51. The molecule has 2 atom stereocenters. The first-order valence-electron chi connectivity index (χ1n) is 6.40. The lowest BCUT2D eigenvalue weighted by Crippen LogP contribution is -2.51. The van der Waals surface area contributed by atoms with E-state index in [0.29, 0.717) is 12.5 Å². The minimum atomic E-state index is -1.01. The number of carbonyl (C=O) groups excluding carboxylic acids is 1. The van der Waals surface area contributed by atoms with Crippen molar-refractivity contribution in [2.75, 3.05) is 6.54 Å². The van der Waals surface area contributed by atoms with Crippen molar-refractivity contribution in [3.05, 3.63) is 35.9 Å². The molecule has 0 heterocycles. The Balaban J connectivity index is 1.94. The lowest BCUT2D eigenvalue weighted by atomic mass is 9.92. The summed E-state index contributed by atoms with van der Waals surface area (Å²) in [4.78, 5) is 12.1. The smallest absolute Gasteiger partial charge is 0.244 e. The fourth-order valence-corrected chi connectivity index (χ4v) is 2.00. The summed E-state index contributed by atoms with van der Waals surface area (Å²) in [5.74, 6) is 0.399. The zero-order valence-corrected chi connectivity index (χ0v) is 10.7. The zero-order chi connectivity index (χ0) is 13.2. The molecular formula is C14H21N3O. The minimum absolute atomic E-state index is 0.0560. The van der Waals surface area contributed by atoms with Gasteiger partial charge in [0, 0.05) is 12.6 Å². The third-order valence-corrected chi connectivity index (χ3v) is 3.57. The molecule has 0 aromatic heterocycles. The first-order valence-corrected chi connectivity index (χ1v) is 6.40. The highest BCUT2D eigenvalue weighted by molar-refractivity contribution is 5.87. The van der Waals surface area contributed by atoms with Crippen molar-refractivity contribution in [1.82, 2.24) is 5.32 Å². The van der Waals surface area contributed by atoms with E-state index in [9.17, 15) is 4.79 Å². The van der Waals surface area contributed by atoms with E-state index in [4.69, 9.17) is 11.5 Å². The van der Waals surface area contributed by atoms with Crippen LogP contribution in [0.15, 0.2) is 30.3 Å². The van der Waals surface area contributed by atoms with Crippen molar-refractivity contribution in [2.24, 2.45) is 17.4 Å². The molecule has 2 unspecified atom stereocenters. The van der Waals surface area contributed by atoms with Crippen molar-refractivity contribution < 1.29 is 4.79 Å². The normalized spacial score (nSPS) is 19.9. The quantitative estimate of drug-likeness (QED) is 0.717. The van der Waals surface area contributed by atoms with Crippen molar-refractivity contribution in [2.45, 2.75) is 31.3 Å². The van der Waals surface area contributed by atoms with Crippen LogP contribution in [0.25, 0.3) is 0 Å². The minimum Gasteiger partial charge on any atom is -0.353 e. The third-order valence-electron chi connectivity index (χ3n) is 3.57. The van der Waals surface area contributed by atoms with E-state index >= 15 is 0 Å². The van der Waals surface area contributed by atoms with Crippen LogP contribution in [0.3, 0.4) is 0 Å². The maximum atomic E-state index is 12.1. The van der Waals surface area contributed by atoms with Gasteiger partial charge in [-0.1, -0.05) is 30.3 Å². The standard InChI is InChI=1S/C14H21N3O/c1-14(16,11-5-3-2-4-6-11)13(18)17-9-12(15)10-7-8-10/h2-6,10,12H,7-9,15-16H2,1H3,(H,17,18). The summed E-state index contributed by atoms with van der Waals surface area (Å²) in [5, 5.41) is 2.85. The van der Waals surface area contributed by atoms with E-state index in [2.05, 4.69) is 5.32 Å². The molecule has 1 aromatic carbocycles. The molecule has 0 aliphatic heterocycles. The Kier molecular flexibility index (Phi) is 3.68. The maximum absolute atomic E-state index is 12.1. The van der Waals surface area contributed by atoms with Crippen molar-refractivity contribution in [3.8, 4) is 0 Å². The van der Waals surface area contributed by atoms with Gasteiger partial charge in [0.2, 0.25) is 5.91 Å². The molecule has 4 nitrogen and oxygen atoms in total. The molecule has 2 rings (SSSR count). The molecule has 1 saturated carbocycles. The molecular weight excluding hydrogens is 226 g/mol. The molecule has 0 saturated heterocycles. The maximum Gasteiger partial charge on any atom is 0.244 e. The highest BCUT2D eigenvalue weighted by Gasteiger charge is 2.32. The predicted molar refractivity (Wildman–Crippen MR) is 71.7 cm³/mol. The summed E-state index contributed by atoms with van der Waals surface area (Å²) >= 11 is 0. The van der Waals surface area contributed by atoms with Gasteiger partial charge in [-0.2, -0.15) is 0 Å². The number of nitrogens with one attached hydrogen (secondary N) is 1. The summed E-state index contributed by atoms with van der Waals surface area (Å²) < 4.78 is 0. The summed E-state index contributed by atoms with van der Waals surface area (Å²) in [6.07, 6.45) is 2.35. The second-order valence-electron chi connectivity index (χ2n) is 5.28. The van der Waals surface area contributed by atoms with Crippen LogP contribution >= 0.6 is 0 Å². The van der Waals surface area contributed by atoms with E-state index in [0.717, 1.165) is 5.56 Å². The largest absolute Gasteiger partial charge is 0.353 e. The molecule has 1 aliphatic carbocycles. The van der Waals surface area contributed by atoms with E-state index in [1.807, 2.05) is 30.3 Å². The second-order valence-corrected chi connectivity index (χ2v) is 5.28. The number of nitrogens with two attached hydrogens (primary N) is 2. The van der Waals surface area contributed by atoms with E-state index in [1.54, 1.807) is 6.92 Å². The van der Waals surface area contributed by atoms with Crippen LogP contribution in [0.4, 0.5) is 0 Å². The van der Waals surface area contributed by atoms with E-state index in [1.165, 1.54) is 12.8 Å². The monoisotopic (exact) mass is 247 g/mol. The Morgan fingerprint density at radius 2 is 2.06 bits per heavy atom. The fourth-order valence-electron chi connectivity index (χ4n) is 2.00. The van der Waals surface area contributed by atoms with Gasteiger partial charge in [0.25, 0.3) is 0 Å². The van der Waals surface area contributed by atoms with Crippen molar-refractivity contribution in [3.63, 3.8) is 0 Å². The summed E-state index contributed by atoms with van der Waals surface area (Å²) in [5.41, 5.74) is 11.9. The van der Waals surface area contributed by atoms with Crippen LogP contribution in [0.1, 0.15) is 25.3 Å². The Hall–Kier alpha value is -1.39. The van der Waals surface area contributed by atoms with Crippen molar-refractivity contribution >= 4 is 5.91 Å². The lowest BCUT2D eigenvalue weighted by molar-refractivity contribution is -0.126. The van der Waals surface area contributed by atoms with Gasteiger partial charge in [-0.05, 0) is 31.2 Å². The SMILES string of the molecule is CC(N)(C(=O)NCC(N)C1CC1)c1ccccc1. The Labute approximate surface area is 108 Å². The molecule has 0 radical (unpaired) electrons. The molecule has 1 amide bonds. The van der Waals surface area contributed by atoms with Gasteiger partial charge in [-0.15, -0.1) is 0 Å². The van der Waals surface area contributed by atoms with Crippen LogP contribution in [-0.2, 0) is 10.3 Å². The molecule has 18 heavy (non-hydrogen) atoms. The molecule has 1 aromatic rings. The molecule has 0 spiro atoms. The van der Waals surface area contributed by atoms with Crippen LogP contribution in [0.5, 0.6) is 0 Å². The molecule has 5 N–H and O–H groups in total. The second kappa shape index (κ2) is 5.08. The number of benzene rings is 1. The average molecular weight is 247 g/mol. The molecule has 0 bridgehead atoms. The van der Waals surface area contributed by atoms with Gasteiger partial charge in [-0.3, -0.25) is 4.79 Å². The number of rotatable bonds is 5. The van der Waals surface area contributed by atoms with Gasteiger partial charge >= 0.3 is 0 Å². The highest BCUT2D eigenvalue weighted by atomic mass is 16.2. The number of hydrogen-bond donors (Lipinski definition) is 3. The summed E-state index contributed by atoms with van der Waals surface area (Å²) in [6, 6.07) is 9.44. The molecule has 4 heteroatoms. The Morgan fingerprint density at radius 3 is 2.61 bits per heavy atom. The van der Waals surface area contributed by atoms with Crippen LogP contribution in [0, 0.1) is 5.92 Å². The zero-order valence-electron chi connectivity index (χ0n) is 10.7. The lowest BCUT2D eigenvalue weighted by Gasteiger charge is -2.25. The van der Waals surface area contributed by atoms with E-state index in [-0.39, 0.29) is 11.9 Å². The van der Waals surface area contributed by atoms with Crippen LogP contribution in [0.2, 0.25) is 0 Å². The number of amides is 1. The number of carbonyl (C=O) groups is 1. The molecule has 98 valence electrons. The van der Waals surface area contributed by atoms with Gasteiger partial charge in [-0.25, -0.2) is 0 Å². The predicted octanol–water partition coefficient (Wildman–Crippen LogP) is 0.714. The number of hydrogen-bond acceptors (Lipinski definition) is 3. The average Bonchev–Trinajstić information content (AvgIpc) is 3.20. The summed E-state index contributed by atoms with van der Waals surface area (Å²) in [7, 11) is 0. The van der Waals surface area contributed by atoms with Gasteiger partial charge in [0.05, 0.1) is 0 Å². The summed E-state index contributed by atoms with van der Waals surface area (Å²) in [6.45, 7) is 2.23. The first kappa shape index (κ1) is 13.1. The third kappa shape index (κ3) is 2.89. The van der Waals surface area contributed by atoms with Gasteiger partial charge in [0.15, 0.2) is 0 Å². The Morgan fingerprint density at radius 1 is 1.44 bits per heavy atom. The van der Waals surface area contributed by atoms with Crippen LogP contribution in [-0.4, -0.2) is 18.5 Å². The highest BCUT2D eigenvalue weighted by Crippen LogP contribution is 2.31. The molecule has 1 aliphatic rings. The Bertz CT molecular complexity index is 412. The molecule has 1 fully saturated rings. The fraction of sp³-hybridized carbons (Fsp3) is 0.500. The van der Waals surface area contributed by atoms with E-state index < -0.39 is 5.54 Å².